The van der Waals surface area contributed by atoms with Crippen molar-refractivity contribution in [3.05, 3.63) is 71.7 Å². The lowest BCUT2D eigenvalue weighted by molar-refractivity contribution is 0.0962. The van der Waals surface area contributed by atoms with Gasteiger partial charge in [0.1, 0.15) is 5.82 Å². The van der Waals surface area contributed by atoms with Gasteiger partial charge in [-0.2, -0.15) is 0 Å². The summed E-state index contributed by atoms with van der Waals surface area (Å²) in [5.41, 5.74) is 7.86. The van der Waals surface area contributed by atoms with Crippen LogP contribution in [0.5, 0.6) is 0 Å². The lowest BCUT2D eigenvalue weighted by atomic mass is 10.1. The molecule has 0 bridgehead atoms. The maximum atomic E-state index is 13.3. The Morgan fingerprint density at radius 3 is 2.64 bits per heavy atom. The summed E-state index contributed by atoms with van der Waals surface area (Å²) in [4.78, 5) is 16.6. The number of aromatic nitrogens is 1. The number of hydrogen-bond donors (Lipinski definition) is 2. The maximum absolute atomic E-state index is 13.3. The summed E-state index contributed by atoms with van der Waals surface area (Å²) >= 11 is 0. The lowest BCUT2D eigenvalue weighted by Gasteiger charge is -2.10. The summed E-state index contributed by atoms with van der Waals surface area (Å²) in [5, 5.41) is 0.593. The molecule has 0 unspecified atom stereocenters. The molecule has 2 aromatic carbocycles. The van der Waals surface area contributed by atoms with Gasteiger partial charge in [-0.3, -0.25) is 20.6 Å². The van der Waals surface area contributed by atoms with Gasteiger partial charge in [0.15, 0.2) is 0 Å². The first kappa shape index (κ1) is 14.0. The van der Waals surface area contributed by atoms with Crippen LogP contribution in [0.15, 0.2) is 54.6 Å². The van der Waals surface area contributed by atoms with E-state index in [9.17, 15) is 9.18 Å². The first-order valence-electron chi connectivity index (χ1n) is 6.82. The van der Waals surface area contributed by atoms with Crippen LogP contribution in [0.2, 0.25) is 0 Å². The summed E-state index contributed by atoms with van der Waals surface area (Å²) in [7, 11) is 0. The monoisotopic (exact) mass is 295 g/mol. The molecule has 4 nitrogen and oxygen atoms in total. The van der Waals surface area contributed by atoms with Crippen LogP contribution < -0.4 is 10.9 Å². The molecule has 0 spiro atoms. The van der Waals surface area contributed by atoms with Crippen molar-refractivity contribution < 1.29 is 9.18 Å². The Bertz CT molecular complexity index is 834. The van der Waals surface area contributed by atoms with E-state index in [4.69, 9.17) is 0 Å². The molecule has 2 N–H and O–H groups in total. The van der Waals surface area contributed by atoms with Crippen LogP contribution in [-0.2, 0) is 0 Å². The predicted octanol–water partition coefficient (Wildman–Crippen LogP) is 3.44. The molecule has 0 radical (unpaired) electrons. The Morgan fingerprint density at radius 2 is 1.86 bits per heavy atom. The van der Waals surface area contributed by atoms with Crippen LogP contribution in [-0.4, -0.2) is 10.9 Å². The second kappa shape index (κ2) is 5.81. The molecule has 3 rings (SSSR count). The number of fused-ring (bicyclic) bond motifs is 1. The average Bonchev–Trinajstić information content (AvgIpc) is 2.53. The average molecular weight is 295 g/mol. The number of amides is 1. The zero-order valence-corrected chi connectivity index (χ0v) is 11.9. The summed E-state index contributed by atoms with van der Waals surface area (Å²) in [6.07, 6.45) is 0. The molecular formula is C17H14FN3O. The molecule has 5 heteroatoms. The topological polar surface area (TPSA) is 54.0 Å². The molecule has 0 fully saturated rings. The number of rotatable bonds is 3. The molecule has 0 saturated heterocycles. The third-order valence-corrected chi connectivity index (χ3v) is 3.31. The SMILES string of the molecule is Cc1nc2ccc(F)cc2cc1C(=O)NNc1ccccc1. The highest BCUT2D eigenvalue weighted by Gasteiger charge is 2.11. The van der Waals surface area contributed by atoms with Crippen molar-refractivity contribution >= 4 is 22.5 Å². The zero-order chi connectivity index (χ0) is 15.5. The summed E-state index contributed by atoms with van der Waals surface area (Å²) in [6, 6.07) is 15.2. The van der Waals surface area contributed by atoms with Gasteiger partial charge in [0.05, 0.1) is 22.5 Å². The molecule has 0 aliphatic rings. The van der Waals surface area contributed by atoms with E-state index in [1.165, 1.54) is 12.1 Å². The fraction of sp³-hybridized carbons (Fsp3) is 0.0588. The van der Waals surface area contributed by atoms with Gasteiger partial charge in [-0.05, 0) is 43.3 Å². The number of halogens is 1. The number of aryl methyl sites for hydroxylation is 1. The van der Waals surface area contributed by atoms with Gasteiger partial charge in [0.2, 0.25) is 0 Å². The summed E-state index contributed by atoms with van der Waals surface area (Å²) < 4.78 is 13.3. The first-order chi connectivity index (χ1) is 10.6. The van der Waals surface area contributed by atoms with E-state index in [0.717, 1.165) is 5.69 Å². The fourth-order valence-corrected chi connectivity index (χ4v) is 2.19. The van der Waals surface area contributed by atoms with Crippen molar-refractivity contribution in [3.63, 3.8) is 0 Å². The number of pyridine rings is 1. The van der Waals surface area contributed by atoms with E-state index >= 15 is 0 Å². The van der Waals surface area contributed by atoms with Crippen LogP contribution in [0.4, 0.5) is 10.1 Å². The maximum Gasteiger partial charge on any atom is 0.271 e. The van der Waals surface area contributed by atoms with Crippen LogP contribution in [0, 0.1) is 12.7 Å². The zero-order valence-electron chi connectivity index (χ0n) is 11.9. The molecular weight excluding hydrogens is 281 g/mol. The van der Waals surface area contributed by atoms with Crippen LogP contribution >= 0.6 is 0 Å². The fourth-order valence-electron chi connectivity index (χ4n) is 2.19. The highest BCUT2D eigenvalue weighted by atomic mass is 19.1. The van der Waals surface area contributed by atoms with E-state index < -0.39 is 0 Å². The van der Waals surface area contributed by atoms with Gasteiger partial charge in [-0.25, -0.2) is 4.39 Å². The Hall–Kier alpha value is -2.95. The number of carbonyl (C=O) groups excluding carboxylic acids is 1. The van der Waals surface area contributed by atoms with Gasteiger partial charge >= 0.3 is 0 Å². The normalized spacial score (nSPS) is 10.5. The quantitative estimate of drug-likeness (QED) is 0.728. The van der Waals surface area contributed by atoms with E-state index in [0.29, 0.717) is 22.2 Å². The molecule has 1 aromatic heterocycles. The molecule has 22 heavy (non-hydrogen) atoms. The van der Waals surface area contributed by atoms with Crippen molar-refractivity contribution in [1.29, 1.82) is 0 Å². The van der Waals surface area contributed by atoms with Gasteiger partial charge in [-0.1, -0.05) is 18.2 Å². The molecule has 0 aliphatic carbocycles. The molecule has 110 valence electrons. The first-order valence-corrected chi connectivity index (χ1v) is 6.82. The highest BCUT2D eigenvalue weighted by molar-refractivity contribution is 5.99. The molecule has 1 amide bonds. The molecule has 0 atom stereocenters. The lowest BCUT2D eigenvalue weighted by Crippen LogP contribution is -2.30. The Labute approximate surface area is 127 Å². The molecule has 3 aromatic rings. The number of hydrogen-bond acceptors (Lipinski definition) is 3. The number of carbonyl (C=O) groups is 1. The van der Waals surface area contributed by atoms with Crippen molar-refractivity contribution in [2.45, 2.75) is 6.92 Å². The van der Waals surface area contributed by atoms with E-state index in [-0.39, 0.29) is 11.7 Å². The van der Waals surface area contributed by atoms with Gasteiger partial charge in [0.25, 0.3) is 5.91 Å². The van der Waals surface area contributed by atoms with Gasteiger partial charge in [0, 0.05) is 5.39 Å². The van der Waals surface area contributed by atoms with E-state index in [1.54, 1.807) is 19.1 Å². The van der Waals surface area contributed by atoms with Crippen LogP contribution in [0.1, 0.15) is 16.1 Å². The Morgan fingerprint density at radius 1 is 1.09 bits per heavy atom. The smallest absolute Gasteiger partial charge is 0.271 e. The molecule has 0 saturated carbocycles. The number of nitrogens with zero attached hydrogens (tertiary/aromatic N) is 1. The predicted molar refractivity (Wildman–Crippen MR) is 84.0 cm³/mol. The number of anilines is 1. The number of nitrogens with one attached hydrogen (secondary N) is 2. The van der Waals surface area contributed by atoms with E-state index in [1.807, 2.05) is 30.3 Å². The standard InChI is InChI=1S/C17H14FN3O/c1-11-15(10-12-9-13(18)7-8-16(12)19-11)17(22)21-20-14-5-3-2-4-6-14/h2-10,20H,1H3,(H,21,22). The number of benzene rings is 2. The largest absolute Gasteiger partial charge is 0.298 e. The Kier molecular flexibility index (Phi) is 3.70. The minimum atomic E-state index is -0.355. The van der Waals surface area contributed by atoms with Gasteiger partial charge < -0.3 is 0 Å². The highest BCUT2D eigenvalue weighted by Crippen LogP contribution is 2.18. The molecule has 1 heterocycles. The van der Waals surface area contributed by atoms with Crippen LogP contribution in [0.25, 0.3) is 10.9 Å². The summed E-state index contributed by atoms with van der Waals surface area (Å²) in [6.45, 7) is 1.75. The van der Waals surface area contributed by atoms with Crippen molar-refractivity contribution in [1.82, 2.24) is 10.4 Å². The summed E-state index contributed by atoms with van der Waals surface area (Å²) in [5.74, 6) is -0.674. The number of hydrazine groups is 1. The van der Waals surface area contributed by atoms with Crippen molar-refractivity contribution in [2.75, 3.05) is 5.43 Å². The minimum Gasteiger partial charge on any atom is -0.298 e. The van der Waals surface area contributed by atoms with Crippen molar-refractivity contribution in [3.8, 4) is 0 Å². The Balaban J connectivity index is 1.85. The third-order valence-electron chi connectivity index (χ3n) is 3.31. The van der Waals surface area contributed by atoms with Crippen molar-refractivity contribution in [2.24, 2.45) is 0 Å². The second-order valence-corrected chi connectivity index (χ2v) is 4.90. The minimum absolute atomic E-state index is 0.319. The molecule has 0 aliphatic heterocycles. The van der Waals surface area contributed by atoms with Crippen LogP contribution in [0.3, 0.4) is 0 Å². The number of para-hydroxylation sites is 1. The van der Waals surface area contributed by atoms with E-state index in [2.05, 4.69) is 15.8 Å². The van der Waals surface area contributed by atoms with Gasteiger partial charge in [-0.15, -0.1) is 0 Å². The third kappa shape index (κ3) is 2.88. The second-order valence-electron chi connectivity index (χ2n) is 4.90.